The molecule has 0 aliphatic carbocycles. The van der Waals surface area contributed by atoms with Crippen LogP contribution in [0, 0.1) is 13.8 Å². The number of thioether (sulfide) groups is 1. The first-order valence-corrected chi connectivity index (χ1v) is 10.6. The van der Waals surface area contributed by atoms with Crippen molar-refractivity contribution < 1.29 is 9.53 Å². The van der Waals surface area contributed by atoms with Crippen LogP contribution >= 0.6 is 23.1 Å². The summed E-state index contributed by atoms with van der Waals surface area (Å²) in [6.07, 6.45) is 0. The maximum Gasteiger partial charge on any atom is 0.251 e. The summed E-state index contributed by atoms with van der Waals surface area (Å²) in [6, 6.07) is 15.6. The van der Waals surface area contributed by atoms with Crippen LogP contribution < -0.4 is 10.1 Å². The van der Waals surface area contributed by atoms with Gasteiger partial charge >= 0.3 is 0 Å². The first-order chi connectivity index (χ1) is 13.1. The normalized spacial score (nSPS) is 10.6. The quantitative estimate of drug-likeness (QED) is 0.435. The van der Waals surface area contributed by atoms with E-state index in [1.165, 1.54) is 0 Å². The number of carbonyl (C=O) groups is 1. The molecule has 6 heteroatoms. The molecule has 0 aliphatic heterocycles. The molecule has 0 spiro atoms. The lowest BCUT2D eigenvalue weighted by Gasteiger charge is -2.11. The first-order valence-electron chi connectivity index (χ1n) is 8.73. The predicted octanol–water partition coefficient (Wildman–Crippen LogP) is 4.86. The lowest BCUT2D eigenvalue weighted by atomic mass is 10.1. The van der Waals surface area contributed by atoms with Gasteiger partial charge in [-0.15, -0.1) is 11.3 Å². The number of hydrogen-bond donors (Lipinski definition) is 1. The second-order valence-electron chi connectivity index (χ2n) is 6.07. The number of thiazole rings is 1. The highest BCUT2D eigenvalue weighted by Crippen LogP contribution is 2.27. The zero-order chi connectivity index (χ0) is 19.1. The minimum Gasteiger partial charge on any atom is -0.491 e. The summed E-state index contributed by atoms with van der Waals surface area (Å²) < 4.78 is 6.76. The fraction of sp³-hybridized carbons (Fsp3) is 0.238. The van der Waals surface area contributed by atoms with Gasteiger partial charge in [-0.1, -0.05) is 48.2 Å². The molecule has 0 radical (unpaired) electrons. The van der Waals surface area contributed by atoms with Crippen LogP contribution in [0.25, 0.3) is 0 Å². The Labute approximate surface area is 168 Å². The molecule has 1 N–H and O–H groups in total. The number of aromatic nitrogens is 1. The Balaban J connectivity index is 1.52. The third kappa shape index (κ3) is 5.58. The molecule has 1 heterocycles. The molecule has 0 bridgehead atoms. The molecule has 1 amide bonds. The molecule has 140 valence electrons. The number of hydrogen-bond acceptors (Lipinski definition) is 5. The lowest BCUT2D eigenvalue weighted by molar-refractivity contribution is 0.0946. The third-order valence-electron chi connectivity index (χ3n) is 3.95. The van der Waals surface area contributed by atoms with Crippen LogP contribution in [0.15, 0.2) is 58.3 Å². The highest BCUT2D eigenvalue weighted by Gasteiger charge is 2.11. The lowest BCUT2D eigenvalue weighted by Crippen LogP contribution is -2.28. The number of para-hydroxylation sites is 1. The molecule has 0 fully saturated rings. The van der Waals surface area contributed by atoms with Crippen molar-refractivity contribution in [2.24, 2.45) is 0 Å². The minimum atomic E-state index is -0.0742. The van der Waals surface area contributed by atoms with E-state index >= 15 is 0 Å². The van der Waals surface area contributed by atoms with Crippen LogP contribution in [0.2, 0.25) is 0 Å². The molecule has 3 rings (SSSR count). The number of rotatable bonds is 8. The Hall–Kier alpha value is -2.31. The summed E-state index contributed by atoms with van der Waals surface area (Å²) in [5.41, 5.74) is 3.83. The van der Waals surface area contributed by atoms with Crippen LogP contribution in [0.3, 0.4) is 0 Å². The van der Waals surface area contributed by atoms with Gasteiger partial charge in [0.15, 0.2) is 0 Å². The van der Waals surface area contributed by atoms with E-state index in [4.69, 9.17) is 4.74 Å². The van der Waals surface area contributed by atoms with Crippen molar-refractivity contribution in [3.05, 3.63) is 76.3 Å². The summed E-state index contributed by atoms with van der Waals surface area (Å²) >= 11 is 3.29. The Morgan fingerprint density at radius 3 is 2.70 bits per heavy atom. The minimum absolute atomic E-state index is 0.0742. The van der Waals surface area contributed by atoms with E-state index in [0.29, 0.717) is 18.7 Å². The molecule has 0 unspecified atom stereocenters. The second-order valence-corrected chi connectivity index (χ2v) is 8.15. The molecule has 27 heavy (non-hydrogen) atoms. The molecule has 1 aromatic heterocycles. The van der Waals surface area contributed by atoms with Gasteiger partial charge in [0.1, 0.15) is 16.7 Å². The number of amides is 1. The Kier molecular flexibility index (Phi) is 6.90. The van der Waals surface area contributed by atoms with E-state index in [1.54, 1.807) is 23.1 Å². The van der Waals surface area contributed by atoms with Gasteiger partial charge in [-0.3, -0.25) is 4.79 Å². The molecule has 3 aromatic rings. The van der Waals surface area contributed by atoms with Crippen LogP contribution in [-0.2, 0) is 5.75 Å². The maximum absolute atomic E-state index is 12.6. The zero-order valence-electron chi connectivity index (χ0n) is 15.4. The Morgan fingerprint density at radius 1 is 1.15 bits per heavy atom. The van der Waals surface area contributed by atoms with Crippen LogP contribution in [-0.4, -0.2) is 24.0 Å². The summed E-state index contributed by atoms with van der Waals surface area (Å²) in [4.78, 5) is 17.0. The third-order valence-corrected chi connectivity index (χ3v) is 6.14. The Bertz CT molecular complexity index is 908. The Morgan fingerprint density at radius 2 is 1.93 bits per heavy atom. The number of benzene rings is 2. The van der Waals surface area contributed by atoms with Gasteiger partial charge in [-0.25, -0.2) is 4.98 Å². The fourth-order valence-electron chi connectivity index (χ4n) is 2.54. The summed E-state index contributed by atoms with van der Waals surface area (Å²) in [5, 5.41) is 4.98. The molecular formula is C21H22N2O2S2. The van der Waals surface area contributed by atoms with Crippen molar-refractivity contribution >= 4 is 29.0 Å². The predicted molar refractivity (Wildman–Crippen MR) is 112 cm³/mol. The van der Waals surface area contributed by atoms with E-state index in [9.17, 15) is 4.79 Å². The summed E-state index contributed by atoms with van der Waals surface area (Å²) in [5.74, 6) is 1.49. The average molecular weight is 399 g/mol. The molecule has 2 aromatic carbocycles. The van der Waals surface area contributed by atoms with Crippen molar-refractivity contribution in [1.82, 2.24) is 10.3 Å². The number of aryl methyl sites for hydroxylation is 2. The van der Waals surface area contributed by atoms with Crippen molar-refractivity contribution in [2.45, 2.75) is 23.9 Å². The second kappa shape index (κ2) is 9.58. The first kappa shape index (κ1) is 19.5. The zero-order valence-corrected chi connectivity index (χ0v) is 17.0. The van der Waals surface area contributed by atoms with Gasteiger partial charge in [0.05, 0.1) is 6.54 Å². The fourth-order valence-corrected chi connectivity index (χ4v) is 4.40. The highest BCUT2D eigenvalue weighted by atomic mass is 32.2. The van der Waals surface area contributed by atoms with E-state index in [-0.39, 0.29) is 5.91 Å². The molecule has 0 atom stereocenters. The monoisotopic (exact) mass is 398 g/mol. The standard InChI is InChI=1S/C21H22N2O2S2/c1-15-7-3-6-10-19(15)25-12-11-22-20(24)18-9-5-4-8-17(18)14-27-21-23-16(2)13-26-21/h3-10,13H,11-12,14H2,1-2H3,(H,22,24). The molecular weight excluding hydrogens is 376 g/mol. The largest absolute Gasteiger partial charge is 0.491 e. The molecule has 0 saturated heterocycles. The number of nitrogens with zero attached hydrogens (tertiary/aromatic N) is 1. The SMILES string of the molecule is Cc1csc(SCc2ccccc2C(=O)NCCOc2ccccc2C)n1. The van der Waals surface area contributed by atoms with Crippen molar-refractivity contribution in [2.75, 3.05) is 13.2 Å². The van der Waals surface area contributed by atoms with Crippen molar-refractivity contribution in [1.29, 1.82) is 0 Å². The van der Waals surface area contributed by atoms with Gasteiger partial charge in [-0.05, 0) is 37.1 Å². The van der Waals surface area contributed by atoms with E-state index in [0.717, 1.165) is 32.7 Å². The molecule has 0 aliphatic rings. The van der Waals surface area contributed by atoms with Crippen LogP contribution in [0.1, 0.15) is 27.2 Å². The van der Waals surface area contributed by atoms with Crippen molar-refractivity contribution in [3.63, 3.8) is 0 Å². The molecule has 0 saturated carbocycles. The number of nitrogens with one attached hydrogen (secondary N) is 1. The summed E-state index contributed by atoms with van der Waals surface area (Å²) in [6.45, 7) is 4.89. The van der Waals surface area contributed by atoms with Crippen LogP contribution in [0.4, 0.5) is 0 Å². The van der Waals surface area contributed by atoms with Gasteiger partial charge in [0.25, 0.3) is 5.91 Å². The molecule has 4 nitrogen and oxygen atoms in total. The van der Waals surface area contributed by atoms with Crippen LogP contribution in [0.5, 0.6) is 5.75 Å². The smallest absolute Gasteiger partial charge is 0.251 e. The van der Waals surface area contributed by atoms with E-state index in [1.807, 2.05) is 67.8 Å². The topological polar surface area (TPSA) is 51.2 Å². The number of ether oxygens (including phenoxy) is 1. The van der Waals surface area contributed by atoms with E-state index in [2.05, 4.69) is 10.3 Å². The van der Waals surface area contributed by atoms with Crippen molar-refractivity contribution in [3.8, 4) is 5.75 Å². The number of carbonyl (C=O) groups excluding carboxylic acids is 1. The highest BCUT2D eigenvalue weighted by molar-refractivity contribution is 8.00. The average Bonchev–Trinajstić information content (AvgIpc) is 3.10. The summed E-state index contributed by atoms with van der Waals surface area (Å²) in [7, 11) is 0. The maximum atomic E-state index is 12.6. The van der Waals surface area contributed by atoms with Gasteiger partial charge in [0, 0.05) is 22.4 Å². The van der Waals surface area contributed by atoms with Gasteiger partial charge < -0.3 is 10.1 Å². The van der Waals surface area contributed by atoms with Gasteiger partial charge in [0.2, 0.25) is 0 Å². The van der Waals surface area contributed by atoms with E-state index < -0.39 is 0 Å². The van der Waals surface area contributed by atoms with Gasteiger partial charge in [-0.2, -0.15) is 0 Å².